The molecule has 1 fully saturated rings. The Kier molecular flexibility index (Phi) is 2.99. The number of benzene rings is 1. The molecule has 15 heavy (non-hydrogen) atoms. The zero-order valence-electron chi connectivity index (χ0n) is 8.69. The van der Waals surface area contributed by atoms with Crippen LogP contribution in [0.15, 0.2) is 29.2 Å². The van der Waals surface area contributed by atoms with Gasteiger partial charge in [0.15, 0.2) is 0 Å². The van der Waals surface area contributed by atoms with Crippen LogP contribution in [0.5, 0.6) is 0 Å². The first-order valence-corrected chi connectivity index (χ1v) is 6.01. The van der Waals surface area contributed by atoms with Crippen LogP contribution in [0, 0.1) is 11.3 Å². The highest BCUT2D eigenvalue weighted by Gasteiger charge is 2.40. The van der Waals surface area contributed by atoms with E-state index in [2.05, 4.69) is 25.1 Å². The van der Waals surface area contributed by atoms with Gasteiger partial charge in [-0.15, -0.1) is 11.8 Å². The fraction of sp³-hybridized carbons (Fsp3) is 0.417. The van der Waals surface area contributed by atoms with E-state index in [0.717, 1.165) is 11.3 Å². The van der Waals surface area contributed by atoms with Crippen molar-refractivity contribution in [1.82, 2.24) is 0 Å². The van der Waals surface area contributed by atoms with Gasteiger partial charge >= 0.3 is 0 Å². The quantitative estimate of drug-likeness (QED) is 0.733. The molecule has 0 bridgehead atoms. The van der Waals surface area contributed by atoms with Gasteiger partial charge in [-0.1, -0.05) is 19.1 Å². The Morgan fingerprint density at radius 2 is 2.07 bits per heavy atom. The Morgan fingerprint density at radius 3 is 2.47 bits per heavy atom. The van der Waals surface area contributed by atoms with Gasteiger partial charge in [-0.25, -0.2) is 0 Å². The summed E-state index contributed by atoms with van der Waals surface area (Å²) in [7, 11) is 0. The lowest BCUT2D eigenvalue weighted by Crippen LogP contribution is -2.45. The van der Waals surface area contributed by atoms with Crippen molar-refractivity contribution in [1.29, 1.82) is 5.26 Å². The molecule has 0 aliphatic carbocycles. The molecule has 0 unspecified atom stereocenters. The van der Waals surface area contributed by atoms with E-state index in [9.17, 15) is 0 Å². The van der Waals surface area contributed by atoms with E-state index in [4.69, 9.17) is 10.00 Å². The molecule has 2 nitrogen and oxygen atoms in total. The van der Waals surface area contributed by atoms with Gasteiger partial charge in [0.2, 0.25) is 0 Å². The van der Waals surface area contributed by atoms with Gasteiger partial charge in [-0.3, -0.25) is 0 Å². The highest BCUT2D eigenvalue weighted by molar-refractivity contribution is 7.99. The van der Waals surface area contributed by atoms with Crippen LogP contribution in [0.2, 0.25) is 0 Å². The van der Waals surface area contributed by atoms with E-state index in [-0.39, 0.29) is 5.41 Å². The maximum Gasteiger partial charge on any atom is 0.129 e. The van der Waals surface area contributed by atoms with Gasteiger partial charge in [0.25, 0.3) is 0 Å². The lowest BCUT2D eigenvalue weighted by molar-refractivity contribution is -0.0298. The summed E-state index contributed by atoms with van der Waals surface area (Å²) in [6, 6.07) is 10.6. The molecule has 0 radical (unpaired) electrons. The van der Waals surface area contributed by atoms with Crippen molar-refractivity contribution < 1.29 is 4.74 Å². The molecule has 78 valence electrons. The number of nitrogens with zero attached hydrogens (tertiary/aromatic N) is 1. The number of rotatable bonds is 3. The molecule has 0 spiro atoms. The van der Waals surface area contributed by atoms with Crippen molar-refractivity contribution in [3.05, 3.63) is 29.8 Å². The zero-order valence-corrected chi connectivity index (χ0v) is 9.51. The van der Waals surface area contributed by atoms with E-state index < -0.39 is 0 Å². The highest BCUT2D eigenvalue weighted by atomic mass is 32.2. The van der Waals surface area contributed by atoms with Crippen LogP contribution < -0.4 is 0 Å². The lowest BCUT2D eigenvalue weighted by Gasteiger charge is -2.35. The van der Waals surface area contributed by atoms with Crippen molar-refractivity contribution >= 4 is 11.8 Å². The van der Waals surface area contributed by atoms with Gasteiger partial charge in [0, 0.05) is 4.90 Å². The summed E-state index contributed by atoms with van der Waals surface area (Å²) in [5.41, 5.74) is 0.701. The van der Waals surface area contributed by atoms with E-state index in [1.165, 1.54) is 4.90 Å². The average molecular weight is 219 g/mol. The molecule has 0 saturated carbocycles. The number of ether oxygens (including phenoxy) is 1. The van der Waals surface area contributed by atoms with Crippen LogP contribution in [0.3, 0.4) is 0 Å². The second-order valence-corrected chi connectivity index (χ2v) is 4.98. The first-order valence-electron chi connectivity index (χ1n) is 5.03. The third-order valence-electron chi connectivity index (χ3n) is 2.63. The summed E-state index contributed by atoms with van der Waals surface area (Å²) in [6.07, 6.45) is 0. The lowest BCUT2D eigenvalue weighted by atomic mass is 9.80. The van der Waals surface area contributed by atoms with Crippen molar-refractivity contribution in [2.24, 2.45) is 0 Å². The topological polar surface area (TPSA) is 33.0 Å². The van der Waals surface area contributed by atoms with Crippen molar-refractivity contribution in [2.75, 3.05) is 19.0 Å². The summed E-state index contributed by atoms with van der Waals surface area (Å²) in [5, 5.41) is 9.13. The summed E-state index contributed by atoms with van der Waals surface area (Å²) < 4.78 is 5.13. The SMILES string of the molecule is CCSc1ccc(C2(C#N)COC2)cc1. The molecule has 0 N–H and O–H groups in total. The molecule has 0 aromatic heterocycles. The monoisotopic (exact) mass is 219 g/mol. The second-order valence-electron chi connectivity index (χ2n) is 3.64. The predicted molar refractivity (Wildman–Crippen MR) is 61.0 cm³/mol. The molecule has 0 atom stereocenters. The normalized spacial score (nSPS) is 17.9. The standard InChI is InChI=1S/C12H13NOS/c1-2-15-11-5-3-10(4-6-11)12(7-13)8-14-9-12/h3-6H,2,8-9H2,1H3. The van der Waals surface area contributed by atoms with Crippen molar-refractivity contribution in [2.45, 2.75) is 17.2 Å². The highest BCUT2D eigenvalue weighted by Crippen LogP contribution is 2.32. The fourth-order valence-electron chi connectivity index (χ4n) is 1.64. The summed E-state index contributed by atoms with van der Waals surface area (Å²) >= 11 is 1.81. The number of hydrogen-bond donors (Lipinski definition) is 0. The van der Waals surface area contributed by atoms with Crippen LogP contribution in [0.4, 0.5) is 0 Å². The van der Waals surface area contributed by atoms with Crippen LogP contribution in [-0.2, 0) is 10.2 Å². The Labute approximate surface area is 94.2 Å². The predicted octanol–water partition coefficient (Wildman–Crippen LogP) is 2.59. The number of thioether (sulfide) groups is 1. The van der Waals surface area contributed by atoms with E-state index in [0.29, 0.717) is 13.2 Å². The summed E-state index contributed by atoms with van der Waals surface area (Å²) in [5.74, 6) is 1.08. The third-order valence-corrected chi connectivity index (χ3v) is 3.52. The first-order chi connectivity index (χ1) is 7.30. The Bertz CT molecular complexity index is 376. The Balaban J connectivity index is 2.20. The Morgan fingerprint density at radius 1 is 1.40 bits per heavy atom. The smallest absolute Gasteiger partial charge is 0.129 e. The van der Waals surface area contributed by atoms with Gasteiger partial charge < -0.3 is 4.74 Å². The molecular weight excluding hydrogens is 206 g/mol. The molecule has 0 amide bonds. The number of hydrogen-bond acceptors (Lipinski definition) is 3. The first kappa shape index (κ1) is 10.5. The molecule has 1 aromatic carbocycles. The molecule has 2 rings (SSSR count). The Hall–Kier alpha value is -0.980. The van der Waals surface area contributed by atoms with E-state index in [1.807, 2.05) is 23.9 Å². The molecular formula is C12H13NOS. The maximum absolute atomic E-state index is 9.13. The minimum atomic E-state index is -0.380. The van der Waals surface area contributed by atoms with Crippen molar-refractivity contribution in [3.63, 3.8) is 0 Å². The molecule has 1 aliphatic heterocycles. The number of nitriles is 1. The molecule has 1 aliphatic rings. The van der Waals surface area contributed by atoms with Gasteiger partial charge in [0.05, 0.1) is 19.3 Å². The zero-order chi connectivity index (χ0) is 10.7. The summed E-state index contributed by atoms with van der Waals surface area (Å²) in [4.78, 5) is 1.26. The van der Waals surface area contributed by atoms with Gasteiger partial charge in [-0.05, 0) is 23.4 Å². The van der Waals surface area contributed by atoms with Gasteiger partial charge in [-0.2, -0.15) is 5.26 Å². The summed E-state index contributed by atoms with van der Waals surface area (Å²) in [6.45, 7) is 3.20. The van der Waals surface area contributed by atoms with Crippen LogP contribution >= 0.6 is 11.8 Å². The third kappa shape index (κ3) is 1.88. The fourth-order valence-corrected chi connectivity index (χ4v) is 2.30. The van der Waals surface area contributed by atoms with Gasteiger partial charge in [0.1, 0.15) is 5.41 Å². The van der Waals surface area contributed by atoms with Crippen LogP contribution in [0.25, 0.3) is 0 Å². The minimum Gasteiger partial charge on any atom is -0.377 e. The average Bonchev–Trinajstić information content (AvgIpc) is 2.20. The van der Waals surface area contributed by atoms with E-state index >= 15 is 0 Å². The van der Waals surface area contributed by atoms with Crippen molar-refractivity contribution in [3.8, 4) is 6.07 Å². The second kappa shape index (κ2) is 4.26. The maximum atomic E-state index is 9.13. The molecule has 1 aromatic rings. The van der Waals surface area contributed by atoms with Crippen LogP contribution in [-0.4, -0.2) is 19.0 Å². The minimum absolute atomic E-state index is 0.380. The molecule has 1 heterocycles. The largest absolute Gasteiger partial charge is 0.377 e. The molecule has 3 heteroatoms. The van der Waals surface area contributed by atoms with Crippen LogP contribution in [0.1, 0.15) is 12.5 Å². The van der Waals surface area contributed by atoms with E-state index in [1.54, 1.807) is 0 Å². The molecule has 1 saturated heterocycles.